The Balaban J connectivity index is 1.17. The van der Waals surface area contributed by atoms with E-state index in [0.29, 0.717) is 17.5 Å². The molecule has 3 heterocycles. The van der Waals surface area contributed by atoms with Gasteiger partial charge in [-0.15, -0.1) is 0 Å². The van der Waals surface area contributed by atoms with Crippen LogP contribution in [-0.2, 0) is 0 Å². The highest BCUT2D eigenvalue weighted by atomic mass is 16.3. The zero-order chi connectivity index (χ0) is 29.0. The number of furan rings is 2. The number of nitrogens with zero attached hydrogens (tertiary/aromatic N) is 3. The first kappa shape index (κ1) is 24.5. The maximum Gasteiger partial charge on any atom is 0.164 e. The molecule has 6 aromatic carbocycles. The first-order valence-electron chi connectivity index (χ1n) is 14.5. The van der Waals surface area contributed by atoms with Crippen LogP contribution in [-0.4, -0.2) is 15.0 Å². The van der Waals surface area contributed by atoms with Gasteiger partial charge in [0.2, 0.25) is 0 Å². The fourth-order valence-electron chi connectivity index (χ4n) is 5.95. The lowest BCUT2D eigenvalue weighted by atomic mass is 10.00. The van der Waals surface area contributed by atoms with Crippen molar-refractivity contribution >= 4 is 43.9 Å². The van der Waals surface area contributed by atoms with Gasteiger partial charge in [0.1, 0.15) is 22.3 Å². The molecular weight excluding hydrogens is 542 g/mol. The van der Waals surface area contributed by atoms with E-state index >= 15 is 0 Å². The Morgan fingerprint density at radius 2 is 0.773 bits per heavy atom. The summed E-state index contributed by atoms with van der Waals surface area (Å²) >= 11 is 0. The van der Waals surface area contributed by atoms with Gasteiger partial charge in [0.25, 0.3) is 0 Å². The minimum absolute atomic E-state index is 0.627. The van der Waals surface area contributed by atoms with Gasteiger partial charge in [0.15, 0.2) is 17.5 Å². The van der Waals surface area contributed by atoms with Crippen molar-refractivity contribution in [1.29, 1.82) is 0 Å². The zero-order valence-corrected chi connectivity index (χ0v) is 23.4. The van der Waals surface area contributed by atoms with Crippen LogP contribution in [0, 0.1) is 0 Å². The van der Waals surface area contributed by atoms with Crippen LogP contribution >= 0.6 is 0 Å². The lowest BCUT2D eigenvalue weighted by molar-refractivity contribution is 0.664. The van der Waals surface area contributed by atoms with Crippen LogP contribution < -0.4 is 0 Å². The van der Waals surface area contributed by atoms with E-state index in [1.54, 1.807) is 0 Å². The minimum Gasteiger partial charge on any atom is -0.456 e. The normalized spacial score (nSPS) is 11.6. The molecule has 0 radical (unpaired) electrons. The Kier molecular flexibility index (Phi) is 5.43. The number of hydrogen-bond donors (Lipinski definition) is 0. The lowest BCUT2D eigenvalue weighted by Crippen LogP contribution is -2.00. The molecule has 0 fully saturated rings. The molecule has 5 heteroatoms. The Morgan fingerprint density at radius 1 is 0.295 bits per heavy atom. The number of rotatable bonds is 4. The number of benzene rings is 6. The summed E-state index contributed by atoms with van der Waals surface area (Å²) in [6, 6.07) is 47.0. The molecule has 0 N–H and O–H groups in total. The van der Waals surface area contributed by atoms with Gasteiger partial charge < -0.3 is 8.83 Å². The fraction of sp³-hybridized carbons (Fsp3) is 0. The summed E-state index contributed by atoms with van der Waals surface area (Å²) in [5.41, 5.74) is 8.36. The lowest BCUT2D eigenvalue weighted by Gasteiger charge is -2.09. The van der Waals surface area contributed by atoms with Gasteiger partial charge >= 0.3 is 0 Å². The van der Waals surface area contributed by atoms with Crippen molar-refractivity contribution in [1.82, 2.24) is 15.0 Å². The van der Waals surface area contributed by atoms with Crippen LogP contribution in [0.2, 0.25) is 0 Å². The van der Waals surface area contributed by atoms with Gasteiger partial charge in [-0.05, 0) is 47.5 Å². The first-order valence-corrected chi connectivity index (χ1v) is 14.5. The second-order valence-electron chi connectivity index (χ2n) is 10.9. The molecule has 9 aromatic rings. The van der Waals surface area contributed by atoms with E-state index in [2.05, 4.69) is 48.5 Å². The van der Waals surface area contributed by atoms with E-state index in [-0.39, 0.29) is 0 Å². The molecule has 0 saturated heterocycles. The molecule has 0 aliphatic heterocycles. The molecule has 3 aromatic heterocycles. The number of aromatic nitrogens is 3. The van der Waals surface area contributed by atoms with E-state index in [0.717, 1.165) is 71.7 Å². The largest absolute Gasteiger partial charge is 0.456 e. The van der Waals surface area contributed by atoms with Gasteiger partial charge in [-0.25, -0.2) is 15.0 Å². The summed E-state index contributed by atoms with van der Waals surface area (Å²) in [4.78, 5) is 14.7. The average molecular weight is 566 g/mol. The van der Waals surface area contributed by atoms with Gasteiger partial charge in [-0.2, -0.15) is 0 Å². The smallest absolute Gasteiger partial charge is 0.164 e. The Morgan fingerprint density at radius 3 is 1.45 bits per heavy atom. The Labute approximate surface area is 252 Å². The summed E-state index contributed by atoms with van der Waals surface area (Å²) in [6.07, 6.45) is 0. The minimum atomic E-state index is 0.627. The molecule has 44 heavy (non-hydrogen) atoms. The number of para-hydroxylation sites is 1. The third-order valence-corrected chi connectivity index (χ3v) is 8.12. The first-order chi connectivity index (χ1) is 21.8. The van der Waals surface area contributed by atoms with E-state index < -0.39 is 0 Å². The van der Waals surface area contributed by atoms with Crippen LogP contribution in [0.1, 0.15) is 0 Å². The molecular formula is C39H23N3O2. The van der Waals surface area contributed by atoms with Crippen molar-refractivity contribution in [2.45, 2.75) is 0 Å². The quantitative estimate of drug-likeness (QED) is 0.212. The van der Waals surface area contributed by atoms with Crippen LogP contribution in [0.5, 0.6) is 0 Å². The van der Waals surface area contributed by atoms with Crippen molar-refractivity contribution in [3.8, 4) is 45.3 Å². The molecule has 5 nitrogen and oxygen atoms in total. The standard InChI is InChI=1S/C39H23N3O2/c1-3-10-24(11-4-1)37-40-38(25-12-5-2-6-13-25)42-39(41-37)28-15-9-14-26(20-28)27-18-19-34-30(21-27)32-23-35-31(22-36(32)44-34)29-16-7-8-17-33(29)43-35/h1-23H. The molecule has 0 unspecified atom stereocenters. The highest BCUT2D eigenvalue weighted by Crippen LogP contribution is 2.38. The molecule has 0 aliphatic rings. The molecule has 206 valence electrons. The Bertz CT molecular complexity index is 2440. The van der Waals surface area contributed by atoms with E-state index in [9.17, 15) is 0 Å². The summed E-state index contributed by atoms with van der Waals surface area (Å²) < 4.78 is 12.5. The van der Waals surface area contributed by atoms with Gasteiger partial charge in [0.05, 0.1) is 0 Å². The second-order valence-corrected chi connectivity index (χ2v) is 10.9. The molecule has 9 rings (SSSR count). The maximum absolute atomic E-state index is 6.30. The van der Waals surface area contributed by atoms with Crippen molar-refractivity contribution in [3.63, 3.8) is 0 Å². The number of hydrogen-bond acceptors (Lipinski definition) is 5. The SMILES string of the molecule is c1ccc(-c2nc(-c3ccccc3)nc(-c3cccc(-c4ccc5oc6cc7c(cc6c5c4)oc4ccccc47)c3)n2)cc1. The zero-order valence-electron chi connectivity index (χ0n) is 23.4. The molecule has 0 bridgehead atoms. The summed E-state index contributed by atoms with van der Waals surface area (Å²) in [5.74, 6) is 1.91. The van der Waals surface area contributed by atoms with E-state index in [1.807, 2.05) is 91.0 Å². The summed E-state index contributed by atoms with van der Waals surface area (Å²) in [7, 11) is 0. The van der Waals surface area contributed by atoms with Crippen LogP contribution in [0.4, 0.5) is 0 Å². The topological polar surface area (TPSA) is 65.0 Å². The predicted molar refractivity (Wildman–Crippen MR) is 176 cm³/mol. The van der Waals surface area contributed by atoms with Crippen LogP contribution in [0.25, 0.3) is 89.2 Å². The third kappa shape index (κ3) is 4.06. The van der Waals surface area contributed by atoms with Gasteiger partial charge in [-0.1, -0.05) is 103 Å². The molecule has 0 aliphatic carbocycles. The molecule has 0 atom stereocenters. The van der Waals surface area contributed by atoms with Gasteiger partial charge in [-0.3, -0.25) is 0 Å². The average Bonchev–Trinajstić information content (AvgIpc) is 3.64. The molecule has 0 saturated carbocycles. The maximum atomic E-state index is 6.30. The van der Waals surface area contributed by atoms with E-state index in [4.69, 9.17) is 23.8 Å². The Hall–Kier alpha value is -6.07. The van der Waals surface area contributed by atoms with Crippen LogP contribution in [0.15, 0.2) is 148 Å². The summed E-state index contributed by atoms with van der Waals surface area (Å²) in [6.45, 7) is 0. The van der Waals surface area contributed by atoms with Crippen molar-refractivity contribution in [3.05, 3.63) is 140 Å². The van der Waals surface area contributed by atoms with E-state index in [1.165, 1.54) is 0 Å². The van der Waals surface area contributed by atoms with Gasteiger partial charge in [0, 0.05) is 38.2 Å². The highest BCUT2D eigenvalue weighted by molar-refractivity contribution is 6.15. The van der Waals surface area contributed by atoms with Crippen molar-refractivity contribution in [2.75, 3.05) is 0 Å². The molecule has 0 amide bonds. The number of fused-ring (bicyclic) bond motifs is 6. The molecule has 0 spiro atoms. The summed E-state index contributed by atoms with van der Waals surface area (Å²) in [5, 5.41) is 4.22. The van der Waals surface area contributed by atoms with Crippen molar-refractivity contribution < 1.29 is 8.83 Å². The monoisotopic (exact) mass is 565 g/mol. The van der Waals surface area contributed by atoms with Crippen molar-refractivity contribution in [2.24, 2.45) is 0 Å². The fourth-order valence-corrected chi connectivity index (χ4v) is 5.95. The third-order valence-electron chi connectivity index (χ3n) is 8.12. The van der Waals surface area contributed by atoms with Crippen LogP contribution in [0.3, 0.4) is 0 Å². The predicted octanol–water partition coefficient (Wildman–Crippen LogP) is 10.3. The highest BCUT2D eigenvalue weighted by Gasteiger charge is 2.16. The second kappa shape index (κ2) is 9.75.